The predicted molar refractivity (Wildman–Crippen MR) is 100.0 cm³/mol. The Kier molecular flexibility index (Phi) is 4.44. The summed E-state index contributed by atoms with van der Waals surface area (Å²) in [5.41, 5.74) is 0.752. The highest BCUT2D eigenvalue weighted by Gasteiger charge is 2.57. The second kappa shape index (κ2) is 6.54. The van der Waals surface area contributed by atoms with Crippen LogP contribution in [0.3, 0.4) is 0 Å². The molecule has 1 unspecified atom stereocenters. The van der Waals surface area contributed by atoms with Gasteiger partial charge in [0.05, 0.1) is 10.0 Å². The summed E-state index contributed by atoms with van der Waals surface area (Å²) >= 11 is 17.9. The molecule has 8 nitrogen and oxygen atoms in total. The van der Waals surface area contributed by atoms with Crippen LogP contribution >= 0.6 is 34.8 Å². The first kappa shape index (κ1) is 18.3. The Morgan fingerprint density at radius 1 is 1.22 bits per heavy atom. The van der Waals surface area contributed by atoms with E-state index in [0.717, 1.165) is 0 Å². The quantitative estimate of drug-likeness (QED) is 0.643. The number of aromatic amines is 1. The number of aryl methyl sites for hydroxylation is 1. The van der Waals surface area contributed by atoms with Gasteiger partial charge in [0, 0.05) is 42.7 Å². The molecule has 0 aromatic carbocycles. The molecule has 0 spiro atoms. The third kappa shape index (κ3) is 3.22. The smallest absolute Gasteiger partial charge is 0.354 e. The van der Waals surface area contributed by atoms with Gasteiger partial charge in [-0.1, -0.05) is 23.2 Å². The molecule has 2 fully saturated rings. The third-order valence-electron chi connectivity index (χ3n) is 5.00. The summed E-state index contributed by atoms with van der Waals surface area (Å²) in [4.78, 5) is 36.2. The summed E-state index contributed by atoms with van der Waals surface area (Å²) in [5.74, 6) is -0.479. The number of anilines is 1. The van der Waals surface area contributed by atoms with Gasteiger partial charge in [-0.15, -0.1) is 0 Å². The van der Waals surface area contributed by atoms with Crippen LogP contribution in [0, 0.1) is 18.8 Å². The molecule has 1 aliphatic carbocycles. The van der Waals surface area contributed by atoms with Gasteiger partial charge in [-0.2, -0.15) is 0 Å². The van der Waals surface area contributed by atoms with Gasteiger partial charge in [0.15, 0.2) is 5.69 Å². The number of piperidine rings is 1. The van der Waals surface area contributed by atoms with E-state index < -0.39 is 5.97 Å². The number of hydrogen-bond acceptors (Lipinski definition) is 5. The standard InChI is InChI=1S/C16H14Cl3N5O3/c1-5-10(17)11(18)13(20-5)14(25)23-12-6-3-24(4-7(6)12)9-2-8(15(26)27)21-16(19)22-9/h2,6-7,12,20H,3-4H2,1H3,(H,23,25)(H,26,27)/t6-,7+,12?. The number of rotatable bonds is 4. The molecule has 11 heteroatoms. The van der Waals surface area contributed by atoms with E-state index in [4.69, 9.17) is 39.9 Å². The van der Waals surface area contributed by atoms with E-state index >= 15 is 0 Å². The highest BCUT2D eigenvalue weighted by atomic mass is 35.5. The molecule has 1 saturated heterocycles. The molecule has 0 radical (unpaired) electrons. The summed E-state index contributed by atoms with van der Waals surface area (Å²) < 4.78 is 0. The zero-order valence-electron chi connectivity index (χ0n) is 14.0. The van der Waals surface area contributed by atoms with E-state index in [1.165, 1.54) is 6.07 Å². The molecule has 1 amide bonds. The average Bonchev–Trinajstić information content (AvgIpc) is 2.95. The van der Waals surface area contributed by atoms with Gasteiger partial charge in [0.25, 0.3) is 5.91 Å². The van der Waals surface area contributed by atoms with Crippen LogP contribution in [0.2, 0.25) is 15.3 Å². The lowest BCUT2D eigenvalue weighted by atomic mass is 10.3. The van der Waals surface area contributed by atoms with Gasteiger partial charge in [-0.05, 0) is 18.5 Å². The summed E-state index contributed by atoms with van der Waals surface area (Å²) in [7, 11) is 0. The number of H-pyrrole nitrogens is 1. The van der Waals surface area contributed by atoms with Gasteiger partial charge < -0.3 is 20.3 Å². The number of aromatic nitrogens is 3. The first-order chi connectivity index (χ1) is 12.8. The number of nitrogens with one attached hydrogen (secondary N) is 2. The second-order valence-corrected chi connectivity index (χ2v) is 7.76. The number of carboxylic acids is 1. The minimum atomic E-state index is -1.16. The van der Waals surface area contributed by atoms with Crippen LogP contribution in [0.15, 0.2) is 6.07 Å². The SMILES string of the molecule is Cc1[nH]c(C(=O)NC2[C@H]3CN(c4cc(C(=O)O)nc(Cl)n4)C[C@@H]23)c(Cl)c1Cl. The molecule has 2 aromatic rings. The fraction of sp³-hybridized carbons (Fsp3) is 0.375. The molecule has 3 heterocycles. The Morgan fingerprint density at radius 2 is 1.89 bits per heavy atom. The Morgan fingerprint density at radius 3 is 2.44 bits per heavy atom. The minimum Gasteiger partial charge on any atom is -0.477 e. The van der Waals surface area contributed by atoms with Crippen molar-refractivity contribution in [1.29, 1.82) is 0 Å². The molecule has 27 heavy (non-hydrogen) atoms. The van der Waals surface area contributed by atoms with Crippen molar-refractivity contribution in [2.45, 2.75) is 13.0 Å². The Labute approximate surface area is 168 Å². The number of carbonyl (C=O) groups is 2. The number of fused-ring (bicyclic) bond motifs is 1. The first-order valence-corrected chi connectivity index (χ1v) is 9.27. The number of hydrogen-bond donors (Lipinski definition) is 3. The Bertz CT molecular complexity index is 951. The van der Waals surface area contributed by atoms with Crippen molar-refractivity contribution in [3.05, 3.63) is 38.5 Å². The first-order valence-electron chi connectivity index (χ1n) is 8.13. The summed E-state index contributed by atoms with van der Waals surface area (Å²) in [6.07, 6.45) is 0. The number of aromatic carboxylic acids is 1. The number of amides is 1. The van der Waals surface area contributed by atoms with Crippen molar-refractivity contribution < 1.29 is 14.7 Å². The van der Waals surface area contributed by atoms with Crippen molar-refractivity contribution in [3.8, 4) is 0 Å². The molecule has 1 aliphatic heterocycles. The second-order valence-electron chi connectivity index (χ2n) is 6.67. The number of carboxylic acid groups (broad SMARTS) is 1. The van der Waals surface area contributed by atoms with Gasteiger partial charge in [0.2, 0.25) is 5.28 Å². The molecule has 4 rings (SSSR count). The van der Waals surface area contributed by atoms with Crippen LogP contribution in [0.5, 0.6) is 0 Å². The van der Waals surface area contributed by atoms with Gasteiger partial charge in [-0.3, -0.25) is 4.79 Å². The van der Waals surface area contributed by atoms with Crippen LogP contribution in [0.1, 0.15) is 26.7 Å². The lowest BCUT2D eigenvalue weighted by molar-refractivity contribution is 0.0690. The van der Waals surface area contributed by atoms with Crippen molar-refractivity contribution >= 4 is 52.5 Å². The lowest BCUT2D eigenvalue weighted by Gasteiger charge is -2.21. The van der Waals surface area contributed by atoms with Gasteiger partial charge in [-0.25, -0.2) is 14.8 Å². The minimum absolute atomic E-state index is 0.0310. The van der Waals surface area contributed by atoms with Crippen molar-refractivity contribution in [2.75, 3.05) is 18.0 Å². The fourth-order valence-corrected chi connectivity index (χ4v) is 4.15. The van der Waals surface area contributed by atoms with Crippen LogP contribution in [0.4, 0.5) is 5.82 Å². The molecule has 3 atom stereocenters. The molecule has 0 bridgehead atoms. The fourth-order valence-electron chi connectivity index (χ4n) is 3.56. The average molecular weight is 431 g/mol. The van der Waals surface area contributed by atoms with Crippen LogP contribution in [-0.2, 0) is 0 Å². The summed E-state index contributed by atoms with van der Waals surface area (Å²) in [6.45, 7) is 3.02. The van der Waals surface area contributed by atoms with E-state index in [1.54, 1.807) is 6.92 Å². The molecular formula is C16H14Cl3N5O3. The third-order valence-corrected chi connectivity index (χ3v) is 6.12. The van der Waals surface area contributed by atoms with Crippen molar-refractivity contribution in [1.82, 2.24) is 20.3 Å². The van der Waals surface area contributed by atoms with E-state index in [-0.39, 0.29) is 45.5 Å². The predicted octanol–water partition coefficient (Wildman–Crippen LogP) is 2.64. The van der Waals surface area contributed by atoms with Gasteiger partial charge in [0.1, 0.15) is 11.5 Å². The molecular weight excluding hydrogens is 417 g/mol. The van der Waals surface area contributed by atoms with Crippen molar-refractivity contribution in [2.24, 2.45) is 11.8 Å². The molecule has 142 valence electrons. The van der Waals surface area contributed by atoms with Crippen molar-refractivity contribution in [3.63, 3.8) is 0 Å². The van der Waals surface area contributed by atoms with E-state index in [1.807, 2.05) is 4.90 Å². The molecule has 1 saturated carbocycles. The van der Waals surface area contributed by atoms with Gasteiger partial charge >= 0.3 is 5.97 Å². The van der Waals surface area contributed by atoms with E-state index in [0.29, 0.717) is 29.6 Å². The molecule has 3 N–H and O–H groups in total. The normalized spacial score (nSPS) is 23.3. The maximum Gasteiger partial charge on any atom is 0.354 e. The number of halogens is 3. The maximum atomic E-state index is 12.4. The number of nitrogens with zero attached hydrogens (tertiary/aromatic N) is 3. The topological polar surface area (TPSA) is 111 Å². The van der Waals surface area contributed by atoms with Crippen LogP contribution < -0.4 is 10.2 Å². The monoisotopic (exact) mass is 429 g/mol. The summed E-state index contributed by atoms with van der Waals surface area (Å²) in [5, 5.41) is 12.5. The number of carbonyl (C=O) groups excluding carboxylic acids is 1. The largest absolute Gasteiger partial charge is 0.477 e. The molecule has 2 aliphatic rings. The summed E-state index contributed by atoms with van der Waals surface area (Å²) in [6, 6.07) is 1.43. The molecule has 2 aromatic heterocycles. The maximum absolute atomic E-state index is 12.4. The highest BCUT2D eigenvalue weighted by Crippen LogP contribution is 2.47. The van der Waals surface area contributed by atoms with E-state index in [2.05, 4.69) is 20.3 Å². The van der Waals surface area contributed by atoms with Crippen LogP contribution in [-0.4, -0.2) is 51.1 Å². The van der Waals surface area contributed by atoms with Crippen LogP contribution in [0.25, 0.3) is 0 Å². The zero-order valence-corrected chi connectivity index (χ0v) is 16.2. The Balaban J connectivity index is 1.41. The lowest BCUT2D eigenvalue weighted by Crippen LogP contribution is -2.35. The van der Waals surface area contributed by atoms with E-state index in [9.17, 15) is 9.59 Å². The Hall–Kier alpha value is -2.03. The highest BCUT2D eigenvalue weighted by molar-refractivity contribution is 6.44. The zero-order chi connectivity index (χ0) is 19.5.